The average molecular weight is 197 g/mol. The van der Waals surface area contributed by atoms with Crippen molar-refractivity contribution in [1.82, 2.24) is 4.90 Å². The van der Waals surface area contributed by atoms with Gasteiger partial charge in [-0.3, -0.25) is 4.79 Å². The Kier molecular flexibility index (Phi) is 2.49. The van der Waals surface area contributed by atoms with Crippen LogP contribution in [-0.4, -0.2) is 36.5 Å². The van der Waals surface area contributed by atoms with Crippen molar-refractivity contribution in [2.24, 2.45) is 16.9 Å². The Bertz CT molecular complexity index is 230. The number of rotatable bonds is 3. The third-order valence-electron chi connectivity index (χ3n) is 3.73. The molecule has 1 amide bonds. The van der Waals surface area contributed by atoms with Gasteiger partial charge in [-0.1, -0.05) is 0 Å². The standard InChI is InChI=1S/C10H19N3O/c11-7-10(9(12)14)3-5-13(6-4-10)8-1-2-8/h8H,1-7,11H2,(H2,12,14). The lowest BCUT2D eigenvalue weighted by Gasteiger charge is -2.39. The second kappa shape index (κ2) is 3.51. The number of hydrogen-bond donors (Lipinski definition) is 2. The molecule has 0 radical (unpaired) electrons. The fourth-order valence-electron chi connectivity index (χ4n) is 2.31. The minimum absolute atomic E-state index is 0.213. The van der Waals surface area contributed by atoms with Gasteiger partial charge in [-0.05, 0) is 38.8 Å². The molecule has 1 saturated heterocycles. The van der Waals surface area contributed by atoms with Crippen molar-refractivity contribution in [3.05, 3.63) is 0 Å². The molecule has 80 valence electrons. The third kappa shape index (κ3) is 1.64. The summed E-state index contributed by atoms with van der Waals surface area (Å²) in [5.74, 6) is -0.213. The zero-order chi connectivity index (χ0) is 10.2. The van der Waals surface area contributed by atoms with E-state index in [1.165, 1.54) is 12.8 Å². The van der Waals surface area contributed by atoms with Crippen molar-refractivity contribution in [3.63, 3.8) is 0 Å². The van der Waals surface area contributed by atoms with E-state index in [1.807, 2.05) is 0 Å². The van der Waals surface area contributed by atoms with Gasteiger partial charge >= 0.3 is 0 Å². The van der Waals surface area contributed by atoms with E-state index in [9.17, 15) is 4.79 Å². The topological polar surface area (TPSA) is 72.3 Å². The highest BCUT2D eigenvalue weighted by atomic mass is 16.1. The van der Waals surface area contributed by atoms with Gasteiger partial charge in [0.05, 0.1) is 5.41 Å². The molecule has 1 aliphatic heterocycles. The van der Waals surface area contributed by atoms with Crippen LogP contribution in [0, 0.1) is 5.41 Å². The van der Waals surface area contributed by atoms with E-state index in [0.29, 0.717) is 6.54 Å². The highest BCUT2D eigenvalue weighted by Gasteiger charge is 2.41. The first kappa shape index (κ1) is 9.93. The maximum atomic E-state index is 11.3. The quantitative estimate of drug-likeness (QED) is 0.651. The van der Waals surface area contributed by atoms with E-state index in [2.05, 4.69) is 4.90 Å². The molecule has 1 saturated carbocycles. The number of nitrogens with zero attached hydrogens (tertiary/aromatic N) is 1. The van der Waals surface area contributed by atoms with E-state index in [4.69, 9.17) is 11.5 Å². The van der Waals surface area contributed by atoms with Crippen LogP contribution in [0.4, 0.5) is 0 Å². The van der Waals surface area contributed by atoms with E-state index >= 15 is 0 Å². The lowest BCUT2D eigenvalue weighted by molar-refractivity contribution is -0.129. The number of hydrogen-bond acceptors (Lipinski definition) is 3. The predicted molar refractivity (Wildman–Crippen MR) is 54.5 cm³/mol. The molecule has 14 heavy (non-hydrogen) atoms. The fraction of sp³-hybridized carbons (Fsp3) is 0.900. The van der Waals surface area contributed by atoms with Crippen LogP contribution >= 0.6 is 0 Å². The first-order chi connectivity index (χ1) is 6.68. The summed E-state index contributed by atoms with van der Waals surface area (Å²) >= 11 is 0. The molecular weight excluding hydrogens is 178 g/mol. The summed E-state index contributed by atoms with van der Waals surface area (Å²) in [6.07, 6.45) is 4.34. The Balaban J connectivity index is 1.94. The molecule has 2 fully saturated rings. The van der Waals surface area contributed by atoms with Crippen LogP contribution in [0.1, 0.15) is 25.7 Å². The maximum absolute atomic E-state index is 11.3. The molecule has 0 spiro atoms. The number of carbonyl (C=O) groups excluding carboxylic acids is 1. The van der Waals surface area contributed by atoms with Gasteiger partial charge in [-0.25, -0.2) is 0 Å². The normalized spacial score (nSPS) is 27.5. The summed E-state index contributed by atoms with van der Waals surface area (Å²) in [4.78, 5) is 13.8. The van der Waals surface area contributed by atoms with E-state index < -0.39 is 5.41 Å². The van der Waals surface area contributed by atoms with Crippen molar-refractivity contribution in [2.75, 3.05) is 19.6 Å². The monoisotopic (exact) mass is 197 g/mol. The van der Waals surface area contributed by atoms with E-state index in [0.717, 1.165) is 32.0 Å². The van der Waals surface area contributed by atoms with Crippen LogP contribution in [0.25, 0.3) is 0 Å². The van der Waals surface area contributed by atoms with E-state index in [1.54, 1.807) is 0 Å². The molecule has 0 aromatic rings. The van der Waals surface area contributed by atoms with Crippen LogP contribution in [0.2, 0.25) is 0 Å². The summed E-state index contributed by atoms with van der Waals surface area (Å²) in [6.45, 7) is 2.39. The van der Waals surface area contributed by atoms with Crippen LogP contribution in [0.5, 0.6) is 0 Å². The molecule has 4 heteroatoms. The number of carbonyl (C=O) groups is 1. The fourth-order valence-corrected chi connectivity index (χ4v) is 2.31. The summed E-state index contributed by atoms with van der Waals surface area (Å²) in [7, 11) is 0. The molecule has 4 N–H and O–H groups in total. The number of piperidine rings is 1. The second-order valence-corrected chi connectivity index (χ2v) is 4.62. The Labute approximate surface area is 84.6 Å². The van der Waals surface area contributed by atoms with Gasteiger partial charge in [-0.2, -0.15) is 0 Å². The molecule has 1 aliphatic carbocycles. The molecule has 0 bridgehead atoms. The largest absolute Gasteiger partial charge is 0.369 e. The Hall–Kier alpha value is -0.610. The maximum Gasteiger partial charge on any atom is 0.225 e. The van der Waals surface area contributed by atoms with Crippen molar-refractivity contribution in [2.45, 2.75) is 31.7 Å². The van der Waals surface area contributed by atoms with E-state index in [-0.39, 0.29) is 5.91 Å². The molecule has 0 atom stereocenters. The van der Waals surface area contributed by atoms with Gasteiger partial charge in [0.1, 0.15) is 0 Å². The molecule has 2 aliphatic rings. The molecule has 0 aromatic carbocycles. The smallest absolute Gasteiger partial charge is 0.225 e. The summed E-state index contributed by atoms with van der Waals surface area (Å²) in [6, 6.07) is 0.790. The summed E-state index contributed by atoms with van der Waals surface area (Å²) in [5, 5.41) is 0. The number of nitrogens with two attached hydrogens (primary N) is 2. The van der Waals surface area contributed by atoms with Crippen molar-refractivity contribution >= 4 is 5.91 Å². The molecule has 0 aromatic heterocycles. The lowest BCUT2D eigenvalue weighted by Crippen LogP contribution is -2.51. The Morgan fingerprint density at radius 3 is 2.29 bits per heavy atom. The minimum Gasteiger partial charge on any atom is -0.369 e. The second-order valence-electron chi connectivity index (χ2n) is 4.62. The van der Waals surface area contributed by atoms with Gasteiger partial charge in [-0.15, -0.1) is 0 Å². The van der Waals surface area contributed by atoms with Gasteiger partial charge in [0, 0.05) is 12.6 Å². The van der Waals surface area contributed by atoms with Crippen molar-refractivity contribution in [3.8, 4) is 0 Å². The highest BCUT2D eigenvalue weighted by molar-refractivity contribution is 5.81. The number of likely N-dealkylation sites (tertiary alicyclic amines) is 1. The first-order valence-electron chi connectivity index (χ1n) is 5.42. The number of amides is 1. The van der Waals surface area contributed by atoms with Crippen LogP contribution in [0.15, 0.2) is 0 Å². The van der Waals surface area contributed by atoms with Crippen LogP contribution in [0.3, 0.4) is 0 Å². The SMILES string of the molecule is NCC1(C(N)=O)CCN(C2CC2)CC1. The highest BCUT2D eigenvalue weighted by Crippen LogP contribution is 2.35. The molecular formula is C10H19N3O. The Morgan fingerprint density at radius 1 is 1.36 bits per heavy atom. The summed E-state index contributed by atoms with van der Waals surface area (Å²) in [5.41, 5.74) is 10.7. The molecule has 0 unspecified atom stereocenters. The van der Waals surface area contributed by atoms with Crippen LogP contribution in [-0.2, 0) is 4.79 Å². The van der Waals surface area contributed by atoms with Crippen molar-refractivity contribution in [1.29, 1.82) is 0 Å². The Morgan fingerprint density at radius 2 is 1.93 bits per heavy atom. The minimum atomic E-state index is -0.411. The first-order valence-corrected chi connectivity index (χ1v) is 5.42. The average Bonchev–Trinajstić information content (AvgIpc) is 3.01. The van der Waals surface area contributed by atoms with Crippen molar-refractivity contribution < 1.29 is 4.79 Å². The van der Waals surface area contributed by atoms with Gasteiger partial charge < -0.3 is 16.4 Å². The zero-order valence-electron chi connectivity index (χ0n) is 8.54. The zero-order valence-corrected chi connectivity index (χ0v) is 8.54. The van der Waals surface area contributed by atoms with Gasteiger partial charge in [0.2, 0.25) is 5.91 Å². The predicted octanol–water partition coefficient (Wildman–Crippen LogP) is -0.325. The van der Waals surface area contributed by atoms with Gasteiger partial charge in [0.25, 0.3) is 0 Å². The summed E-state index contributed by atoms with van der Waals surface area (Å²) < 4.78 is 0. The number of primary amides is 1. The van der Waals surface area contributed by atoms with Crippen LogP contribution < -0.4 is 11.5 Å². The molecule has 1 heterocycles. The molecule has 4 nitrogen and oxygen atoms in total. The van der Waals surface area contributed by atoms with Gasteiger partial charge in [0.15, 0.2) is 0 Å². The third-order valence-corrected chi connectivity index (χ3v) is 3.73. The lowest BCUT2D eigenvalue weighted by atomic mass is 9.78. The molecule has 2 rings (SSSR count).